The lowest BCUT2D eigenvalue weighted by Crippen LogP contribution is -2.42. The fourth-order valence-electron chi connectivity index (χ4n) is 4.14. The molecule has 1 aliphatic carbocycles. The van der Waals surface area contributed by atoms with Crippen molar-refractivity contribution in [1.82, 2.24) is 10.2 Å². The summed E-state index contributed by atoms with van der Waals surface area (Å²) in [5.41, 5.74) is 0. The summed E-state index contributed by atoms with van der Waals surface area (Å²) in [6.45, 7) is 6.18. The van der Waals surface area contributed by atoms with E-state index in [2.05, 4.69) is 28.9 Å². The number of ether oxygens (including phenoxy) is 2. The largest absolute Gasteiger partial charge is 0.493 e. The molecule has 1 aromatic carbocycles. The number of aliphatic hydroxyl groups is 1. The first-order valence-electron chi connectivity index (χ1n) is 9.61. The van der Waals surface area contributed by atoms with Crippen LogP contribution in [0.2, 0.25) is 0 Å². The van der Waals surface area contributed by atoms with Crippen LogP contribution in [-0.2, 0) is 0 Å². The van der Waals surface area contributed by atoms with Gasteiger partial charge in [-0.2, -0.15) is 0 Å². The highest BCUT2D eigenvalue weighted by atomic mass is 32.1. The van der Waals surface area contributed by atoms with Crippen LogP contribution in [0.5, 0.6) is 11.5 Å². The molecule has 0 bridgehead atoms. The van der Waals surface area contributed by atoms with Crippen LogP contribution in [0.25, 0.3) is 0 Å². The minimum Gasteiger partial charge on any atom is -0.493 e. The molecule has 2 fully saturated rings. The van der Waals surface area contributed by atoms with Gasteiger partial charge in [-0.15, -0.1) is 10.2 Å². The number of aromatic nitrogens is 2. The van der Waals surface area contributed by atoms with Crippen molar-refractivity contribution in [2.75, 3.05) is 25.1 Å². The summed E-state index contributed by atoms with van der Waals surface area (Å²) in [6.07, 6.45) is 0.937. The summed E-state index contributed by atoms with van der Waals surface area (Å²) in [7, 11) is 1.64. The molecule has 0 radical (unpaired) electrons. The molecule has 4 atom stereocenters. The van der Waals surface area contributed by atoms with Gasteiger partial charge in [-0.3, -0.25) is 0 Å². The number of fused-ring (bicyclic) bond motifs is 1. The van der Waals surface area contributed by atoms with Crippen molar-refractivity contribution in [3.63, 3.8) is 0 Å². The molecule has 6 nitrogen and oxygen atoms in total. The van der Waals surface area contributed by atoms with E-state index in [1.165, 1.54) is 0 Å². The van der Waals surface area contributed by atoms with E-state index >= 15 is 0 Å². The van der Waals surface area contributed by atoms with Crippen LogP contribution in [0.15, 0.2) is 24.3 Å². The second-order valence-corrected chi connectivity index (χ2v) is 8.84. The number of para-hydroxylation sites is 2. The zero-order valence-electron chi connectivity index (χ0n) is 16.0. The van der Waals surface area contributed by atoms with Crippen molar-refractivity contribution in [3.05, 3.63) is 29.3 Å². The van der Waals surface area contributed by atoms with Gasteiger partial charge in [0.2, 0.25) is 5.13 Å². The maximum absolute atomic E-state index is 10.7. The van der Waals surface area contributed by atoms with Gasteiger partial charge in [-0.1, -0.05) is 37.3 Å². The van der Waals surface area contributed by atoms with E-state index in [0.29, 0.717) is 29.3 Å². The third-order valence-corrected chi connectivity index (χ3v) is 6.91. The Morgan fingerprint density at radius 1 is 1.11 bits per heavy atom. The Labute approximate surface area is 164 Å². The van der Waals surface area contributed by atoms with E-state index in [-0.39, 0.29) is 6.10 Å². The van der Waals surface area contributed by atoms with E-state index in [4.69, 9.17) is 9.47 Å². The zero-order valence-corrected chi connectivity index (χ0v) is 16.9. The molecule has 4 rings (SSSR count). The Kier molecular flexibility index (Phi) is 5.23. The zero-order chi connectivity index (χ0) is 19.0. The Hall–Kier alpha value is -1.86. The molecule has 7 heteroatoms. The second kappa shape index (κ2) is 7.64. The van der Waals surface area contributed by atoms with Crippen LogP contribution in [0.4, 0.5) is 5.13 Å². The van der Waals surface area contributed by atoms with Crippen LogP contribution >= 0.6 is 11.3 Å². The molecule has 1 saturated carbocycles. The number of benzene rings is 1. The van der Waals surface area contributed by atoms with Crippen molar-refractivity contribution < 1.29 is 14.6 Å². The van der Waals surface area contributed by atoms with Crippen LogP contribution in [0.1, 0.15) is 37.6 Å². The monoisotopic (exact) mass is 389 g/mol. The first-order chi connectivity index (χ1) is 13.0. The fraction of sp³-hybridized carbons (Fsp3) is 0.600. The number of nitrogens with zero attached hydrogens (tertiary/aromatic N) is 3. The maximum atomic E-state index is 10.7. The SMILES string of the molecule is COc1ccccc1O[C@@H]1C[C@@H]2CN(c3nnc(C(C)C)s3)C[C@@H]2C[C@H]1O. The Morgan fingerprint density at radius 3 is 2.48 bits per heavy atom. The van der Waals surface area contributed by atoms with Crippen molar-refractivity contribution in [1.29, 1.82) is 0 Å². The topological polar surface area (TPSA) is 67.7 Å². The van der Waals surface area contributed by atoms with Crippen LogP contribution in [0, 0.1) is 11.8 Å². The highest BCUT2D eigenvalue weighted by Crippen LogP contribution is 2.41. The Morgan fingerprint density at radius 2 is 1.81 bits per heavy atom. The lowest BCUT2D eigenvalue weighted by Gasteiger charge is -2.35. The Bertz CT molecular complexity index is 781. The van der Waals surface area contributed by atoms with E-state index in [0.717, 1.165) is 36.1 Å². The van der Waals surface area contributed by atoms with Crippen LogP contribution in [0.3, 0.4) is 0 Å². The predicted octanol–water partition coefficient (Wildman–Crippen LogP) is 3.32. The van der Waals surface area contributed by atoms with Gasteiger partial charge in [0.15, 0.2) is 11.5 Å². The lowest BCUT2D eigenvalue weighted by atomic mass is 9.78. The van der Waals surface area contributed by atoms with Crippen molar-refractivity contribution in [2.24, 2.45) is 11.8 Å². The molecule has 0 spiro atoms. The minimum absolute atomic E-state index is 0.205. The third kappa shape index (κ3) is 3.75. The standard InChI is InChI=1S/C20H27N3O3S/c1-12(2)19-21-22-20(27-19)23-10-13-8-15(24)18(9-14(13)11-23)26-17-7-5-4-6-16(17)25-3/h4-7,12-15,18,24H,8-11H2,1-3H3/t13-,14+,15+,18+/m0/s1. The Balaban J connectivity index is 1.44. The number of hydrogen-bond acceptors (Lipinski definition) is 7. The number of methoxy groups -OCH3 is 1. The average Bonchev–Trinajstić information content (AvgIpc) is 3.29. The first kappa shape index (κ1) is 18.5. The normalized spacial score (nSPS) is 27.7. The van der Waals surface area contributed by atoms with Crippen molar-refractivity contribution in [3.8, 4) is 11.5 Å². The van der Waals surface area contributed by atoms with Gasteiger partial charge >= 0.3 is 0 Å². The molecule has 1 aliphatic heterocycles. The van der Waals surface area contributed by atoms with Crippen LogP contribution in [-0.4, -0.2) is 47.7 Å². The molecule has 146 valence electrons. The van der Waals surface area contributed by atoms with E-state index in [1.54, 1.807) is 18.4 Å². The molecule has 1 N–H and O–H groups in total. The lowest BCUT2D eigenvalue weighted by molar-refractivity contribution is -0.0240. The molecule has 0 amide bonds. The van der Waals surface area contributed by atoms with Gasteiger partial charge in [-0.05, 0) is 36.8 Å². The number of aliphatic hydroxyl groups excluding tert-OH is 1. The van der Waals surface area contributed by atoms with Crippen molar-refractivity contribution in [2.45, 2.75) is 44.8 Å². The number of rotatable bonds is 5. The first-order valence-corrected chi connectivity index (χ1v) is 10.4. The van der Waals surface area contributed by atoms with E-state index in [9.17, 15) is 5.11 Å². The molecule has 2 aliphatic rings. The average molecular weight is 390 g/mol. The van der Waals surface area contributed by atoms with Crippen LogP contribution < -0.4 is 14.4 Å². The quantitative estimate of drug-likeness (QED) is 0.846. The summed E-state index contributed by atoms with van der Waals surface area (Å²) >= 11 is 1.69. The van der Waals surface area contributed by atoms with E-state index < -0.39 is 6.10 Å². The van der Waals surface area contributed by atoms with Gasteiger partial charge in [0.25, 0.3) is 0 Å². The van der Waals surface area contributed by atoms with E-state index in [1.807, 2.05) is 24.3 Å². The minimum atomic E-state index is -0.461. The molecule has 1 saturated heterocycles. The fourth-order valence-corrected chi connectivity index (χ4v) is 5.00. The van der Waals surface area contributed by atoms with Gasteiger partial charge in [0.05, 0.1) is 13.2 Å². The summed E-state index contributed by atoms with van der Waals surface area (Å²) in [5, 5.41) is 21.5. The molecule has 1 aromatic heterocycles. The molecule has 2 heterocycles. The summed E-state index contributed by atoms with van der Waals surface area (Å²) in [4.78, 5) is 2.33. The number of hydrogen-bond donors (Lipinski definition) is 1. The highest BCUT2D eigenvalue weighted by Gasteiger charge is 2.43. The smallest absolute Gasteiger partial charge is 0.208 e. The third-order valence-electron chi connectivity index (χ3n) is 5.63. The molecular formula is C20H27N3O3S. The van der Waals surface area contributed by atoms with Crippen molar-refractivity contribution >= 4 is 16.5 Å². The van der Waals surface area contributed by atoms with Gasteiger partial charge in [0, 0.05) is 19.0 Å². The van der Waals surface area contributed by atoms with Gasteiger partial charge in [0.1, 0.15) is 11.1 Å². The molecule has 2 aromatic rings. The predicted molar refractivity (Wildman–Crippen MR) is 106 cm³/mol. The number of anilines is 1. The highest BCUT2D eigenvalue weighted by molar-refractivity contribution is 7.15. The van der Waals surface area contributed by atoms with Gasteiger partial charge < -0.3 is 19.5 Å². The summed E-state index contributed by atoms with van der Waals surface area (Å²) in [6, 6.07) is 7.62. The molecular weight excluding hydrogens is 362 g/mol. The summed E-state index contributed by atoms with van der Waals surface area (Å²) in [5.74, 6) is 2.78. The molecule has 27 heavy (non-hydrogen) atoms. The summed E-state index contributed by atoms with van der Waals surface area (Å²) < 4.78 is 11.5. The maximum Gasteiger partial charge on any atom is 0.208 e. The van der Waals surface area contributed by atoms with Gasteiger partial charge in [-0.25, -0.2) is 0 Å². The second-order valence-electron chi connectivity index (χ2n) is 7.85. The molecule has 0 unspecified atom stereocenters.